The average molecular weight is 372 g/mol. The highest BCUT2D eigenvalue weighted by atomic mass is 35.5. The number of rotatable bonds is 5. The van der Waals surface area contributed by atoms with Crippen molar-refractivity contribution in [1.29, 1.82) is 0 Å². The van der Waals surface area contributed by atoms with Gasteiger partial charge in [0.25, 0.3) is 11.8 Å². The zero-order valence-electron chi connectivity index (χ0n) is 14.3. The molecule has 0 fully saturated rings. The first kappa shape index (κ1) is 18.1. The van der Waals surface area contributed by atoms with Gasteiger partial charge in [-0.25, -0.2) is 0 Å². The molecule has 0 unspecified atom stereocenters. The standard InChI is InChI=1S/C20H18ClNO4/c1-2-5-18-20(25)22(12-16(23)13-8-10-14(21)11-9-13)19(24)15-6-3-4-7-17(15)26-18/h3-4,6-11,18H,2,5,12H2,1H3/t18-/m0/s1. The number of carbonyl (C=O) groups excluding carboxylic acids is 3. The molecule has 2 amide bonds. The summed E-state index contributed by atoms with van der Waals surface area (Å²) in [7, 11) is 0. The second-order valence-corrected chi connectivity index (χ2v) is 6.49. The van der Waals surface area contributed by atoms with Crippen molar-refractivity contribution in [3.63, 3.8) is 0 Å². The van der Waals surface area contributed by atoms with Crippen molar-refractivity contribution in [1.82, 2.24) is 4.90 Å². The van der Waals surface area contributed by atoms with Crippen molar-refractivity contribution >= 4 is 29.2 Å². The van der Waals surface area contributed by atoms with Gasteiger partial charge in [0, 0.05) is 10.6 Å². The summed E-state index contributed by atoms with van der Waals surface area (Å²) >= 11 is 5.84. The summed E-state index contributed by atoms with van der Waals surface area (Å²) < 4.78 is 5.77. The minimum absolute atomic E-state index is 0.281. The van der Waals surface area contributed by atoms with Crippen LogP contribution in [-0.2, 0) is 4.79 Å². The van der Waals surface area contributed by atoms with E-state index in [1.165, 1.54) is 0 Å². The van der Waals surface area contributed by atoms with Crippen LogP contribution in [0.4, 0.5) is 0 Å². The van der Waals surface area contributed by atoms with Crippen molar-refractivity contribution in [2.45, 2.75) is 25.9 Å². The Morgan fingerprint density at radius 3 is 2.50 bits per heavy atom. The molecule has 1 aliphatic heterocycles. The number of nitrogens with zero attached hydrogens (tertiary/aromatic N) is 1. The van der Waals surface area contributed by atoms with Crippen LogP contribution < -0.4 is 4.74 Å². The van der Waals surface area contributed by atoms with E-state index in [9.17, 15) is 14.4 Å². The van der Waals surface area contributed by atoms with Crippen LogP contribution in [0.1, 0.15) is 40.5 Å². The summed E-state index contributed by atoms with van der Waals surface area (Å²) in [5, 5.41) is 0.508. The fourth-order valence-corrected chi connectivity index (χ4v) is 2.96. The zero-order valence-corrected chi connectivity index (χ0v) is 15.0. The molecule has 0 spiro atoms. The highest BCUT2D eigenvalue weighted by Crippen LogP contribution is 2.27. The summed E-state index contributed by atoms with van der Waals surface area (Å²) in [6.45, 7) is 1.59. The van der Waals surface area contributed by atoms with Crippen molar-refractivity contribution in [3.05, 3.63) is 64.7 Å². The van der Waals surface area contributed by atoms with Crippen LogP contribution in [0.5, 0.6) is 5.75 Å². The van der Waals surface area contributed by atoms with Gasteiger partial charge < -0.3 is 4.74 Å². The number of ketones is 1. The molecule has 0 N–H and O–H groups in total. The number of amides is 2. The maximum Gasteiger partial charge on any atom is 0.270 e. The molecule has 2 aromatic carbocycles. The molecule has 0 aliphatic carbocycles. The van der Waals surface area contributed by atoms with Crippen LogP contribution >= 0.6 is 11.6 Å². The molecule has 2 aromatic rings. The Balaban J connectivity index is 1.92. The monoisotopic (exact) mass is 371 g/mol. The number of para-hydroxylation sites is 1. The van der Waals surface area contributed by atoms with Gasteiger partial charge >= 0.3 is 0 Å². The van der Waals surface area contributed by atoms with E-state index in [2.05, 4.69) is 0 Å². The highest BCUT2D eigenvalue weighted by Gasteiger charge is 2.36. The zero-order chi connectivity index (χ0) is 18.7. The fraction of sp³-hybridized carbons (Fsp3) is 0.250. The highest BCUT2D eigenvalue weighted by molar-refractivity contribution is 6.30. The van der Waals surface area contributed by atoms with Crippen molar-refractivity contribution in [3.8, 4) is 5.75 Å². The smallest absolute Gasteiger partial charge is 0.270 e. The molecule has 0 saturated heterocycles. The van der Waals surface area contributed by atoms with E-state index in [1.54, 1.807) is 48.5 Å². The molecule has 0 aromatic heterocycles. The van der Waals surface area contributed by atoms with Crippen LogP contribution in [0.2, 0.25) is 5.02 Å². The normalized spacial score (nSPS) is 16.7. The lowest BCUT2D eigenvalue weighted by Gasteiger charge is -2.21. The number of carbonyl (C=O) groups is 3. The maximum atomic E-state index is 12.9. The first-order valence-electron chi connectivity index (χ1n) is 8.41. The Morgan fingerprint density at radius 2 is 1.81 bits per heavy atom. The molecular formula is C20H18ClNO4. The first-order valence-corrected chi connectivity index (χ1v) is 8.79. The van der Waals surface area contributed by atoms with Gasteiger partial charge in [-0.1, -0.05) is 37.1 Å². The van der Waals surface area contributed by atoms with Gasteiger partial charge in [-0.15, -0.1) is 0 Å². The molecule has 1 heterocycles. The molecular weight excluding hydrogens is 354 g/mol. The molecule has 0 radical (unpaired) electrons. The topological polar surface area (TPSA) is 63.7 Å². The van der Waals surface area contributed by atoms with Crippen LogP contribution in [0.3, 0.4) is 0 Å². The van der Waals surface area contributed by atoms with E-state index in [0.29, 0.717) is 29.2 Å². The first-order chi connectivity index (χ1) is 12.5. The molecule has 1 atom stereocenters. The molecule has 5 nitrogen and oxygen atoms in total. The van der Waals surface area contributed by atoms with E-state index in [-0.39, 0.29) is 17.9 Å². The molecule has 1 aliphatic rings. The lowest BCUT2D eigenvalue weighted by molar-refractivity contribution is -0.135. The third-order valence-electron chi connectivity index (χ3n) is 4.19. The largest absolute Gasteiger partial charge is 0.480 e. The van der Waals surface area contributed by atoms with Crippen molar-refractivity contribution in [2.75, 3.05) is 6.54 Å². The molecule has 134 valence electrons. The summed E-state index contributed by atoms with van der Waals surface area (Å²) in [5.74, 6) is -0.981. The molecule has 0 bridgehead atoms. The van der Waals surface area contributed by atoms with Gasteiger partial charge in [-0.3, -0.25) is 19.3 Å². The lowest BCUT2D eigenvalue weighted by atomic mass is 10.1. The fourth-order valence-electron chi connectivity index (χ4n) is 2.83. The van der Waals surface area contributed by atoms with Gasteiger partial charge in [0.05, 0.1) is 12.1 Å². The SMILES string of the molecule is CCC[C@@H]1Oc2ccccc2C(=O)N(CC(=O)c2ccc(Cl)cc2)C1=O. The number of ether oxygens (including phenoxy) is 1. The third-order valence-corrected chi connectivity index (χ3v) is 4.44. The Morgan fingerprint density at radius 1 is 1.12 bits per heavy atom. The average Bonchev–Trinajstić information content (AvgIpc) is 2.74. The van der Waals surface area contributed by atoms with E-state index in [1.807, 2.05) is 6.92 Å². The number of hydrogen-bond donors (Lipinski definition) is 0. The quantitative estimate of drug-likeness (QED) is 0.593. The lowest BCUT2D eigenvalue weighted by Crippen LogP contribution is -2.45. The van der Waals surface area contributed by atoms with Gasteiger partial charge in [-0.2, -0.15) is 0 Å². The minimum Gasteiger partial charge on any atom is -0.480 e. The van der Waals surface area contributed by atoms with Gasteiger partial charge in [0.1, 0.15) is 5.75 Å². The van der Waals surface area contributed by atoms with E-state index in [4.69, 9.17) is 16.3 Å². The minimum atomic E-state index is -0.786. The number of halogens is 1. The van der Waals surface area contributed by atoms with Crippen LogP contribution in [0.25, 0.3) is 0 Å². The van der Waals surface area contributed by atoms with E-state index < -0.39 is 17.9 Å². The summed E-state index contributed by atoms with van der Waals surface area (Å²) in [6.07, 6.45) is 0.392. The van der Waals surface area contributed by atoms with Crippen molar-refractivity contribution in [2.24, 2.45) is 0 Å². The number of fused-ring (bicyclic) bond motifs is 1. The second kappa shape index (κ2) is 7.70. The predicted molar refractivity (Wildman–Crippen MR) is 97.6 cm³/mol. The van der Waals surface area contributed by atoms with Crippen molar-refractivity contribution < 1.29 is 19.1 Å². The number of Topliss-reactive ketones (excluding diaryl/α,β-unsaturated/α-hetero) is 1. The van der Waals surface area contributed by atoms with Crippen LogP contribution in [-0.4, -0.2) is 35.1 Å². The summed E-state index contributed by atoms with van der Waals surface area (Å²) in [6, 6.07) is 13.0. The third kappa shape index (κ3) is 3.63. The van der Waals surface area contributed by atoms with Gasteiger partial charge in [-0.05, 0) is 42.8 Å². The predicted octanol–water partition coefficient (Wildman–Crippen LogP) is 3.75. The Bertz CT molecular complexity index is 847. The van der Waals surface area contributed by atoms with Crippen LogP contribution in [0, 0.1) is 0 Å². The van der Waals surface area contributed by atoms with E-state index >= 15 is 0 Å². The van der Waals surface area contributed by atoms with Crippen LogP contribution in [0.15, 0.2) is 48.5 Å². The van der Waals surface area contributed by atoms with E-state index in [0.717, 1.165) is 4.90 Å². The molecule has 6 heteroatoms. The maximum absolute atomic E-state index is 12.9. The number of benzene rings is 2. The summed E-state index contributed by atoms with van der Waals surface area (Å²) in [5.41, 5.74) is 0.670. The number of hydrogen-bond acceptors (Lipinski definition) is 4. The Kier molecular flexibility index (Phi) is 5.38. The molecule has 0 saturated carbocycles. The van der Waals surface area contributed by atoms with Gasteiger partial charge in [0.2, 0.25) is 0 Å². The Labute approximate surface area is 156 Å². The number of imide groups is 1. The van der Waals surface area contributed by atoms with Gasteiger partial charge in [0.15, 0.2) is 11.9 Å². The Hall–Kier alpha value is -2.66. The second-order valence-electron chi connectivity index (χ2n) is 6.05. The molecule has 26 heavy (non-hydrogen) atoms. The molecule has 3 rings (SSSR count). The summed E-state index contributed by atoms with van der Waals surface area (Å²) in [4.78, 5) is 39.3.